The summed E-state index contributed by atoms with van der Waals surface area (Å²) < 4.78 is 0. The van der Waals surface area contributed by atoms with Crippen LogP contribution < -0.4 is 10.9 Å². The number of anilines is 1. The Morgan fingerprint density at radius 3 is 2.69 bits per heavy atom. The SMILES string of the molecule is CC(=O)N(N)c1cc(Cl)ccc1C. The van der Waals surface area contributed by atoms with Gasteiger partial charge in [-0.3, -0.25) is 4.79 Å². The first-order valence-corrected chi connectivity index (χ1v) is 4.21. The molecule has 0 saturated carbocycles. The van der Waals surface area contributed by atoms with Crippen LogP contribution in [0.25, 0.3) is 0 Å². The Morgan fingerprint density at radius 1 is 1.54 bits per heavy atom. The predicted molar refractivity (Wildman–Crippen MR) is 53.5 cm³/mol. The normalized spacial score (nSPS) is 9.85. The van der Waals surface area contributed by atoms with E-state index in [0.717, 1.165) is 10.6 Å². The molecule has 13 heavy (non-hydrogen) atoms. The molecule has 0 atom stereocenters. The van der Waals surface area contributed by atoms with Crippen molar-refractivity contribution in [2.24, 2.45) is 5.84 Å². The van der Waals surface area contributed by atoms with Gasteiger partial charge in [0.2, 0.25) is 5.91 Å². The van der Waals surface area contributed by atoms with Crippen LogP contribution in [0.3, 0.4) is 0 Å². The van der Waals surface area contributed by atoms with Crippen molar-refractivity contribution in [2.75, 3.05) is 5.01 Å². The first-order chi connectivity index (χ1) is 6.02. The van der Waals surface area contributed by atoms with Gasteiger partial charge in [-0.25, -0.2) is 10.9 Å². The smallest absolute Gasteiger partial charge is 0.238 e. The van der Waals surface area contributed by atoms with Crippen molar-refractivity contribution in [1.29, 1.82) is 0 Å². The zero-order valence-corrected chi connectivity index (χ0v) is 8.30. The molecule has 0 aromatic heterocycles. The molecule has 1 aromatic carbocycles. The van der Waals surface area contributed by atoms with Crippen LogP contribution in [0.1, 0.15) is 12.5 Å². The number of halogens is 1. The number of carbonyl (C=O) groups excluding carboxylic acids is 1. The summed E-state index contributed by atoms with van der Waals surface area (Å²) in [6.45, 7) is 3.27. The van der Waals surface area contributed by atoms with Crippen molar-refractivity contribution in [1.82, 2.24) is 0 Å². The van der Waals surface area contributed by atoms with Crippen LogP contribution in [0.5, 0.6) is 0 Å². The molecule has 0 aliphatic rings. The summed E-state index contributed by atoms with van der Waals surface area (Å²) in [6, 6.07) is 5.24. The van der Waals surface area contributed by atoms with Crippen molar-refractivity contribution in [2.45, 2.75) is 13.8 Å². The van der Waals surface area contributed by atoms with Gasteiger partial charge in [0.15, 0.2) is 0 Å². The summed E-state index contributed by atoms with van der Waals surface area (Å²) >= 11 is 5.77. The number of aryl methyl sites for hydroxylation is 1. The molecule has 0 bridgehead atoms. The quantitative estimate of drug-likeness (QED) is 0.426. The lowest BCUT2D eigenvalue weighted by Crippen LogP contribution is -2.35. The van der Waals surface area contributed by atoms with Crippen molar-refractivity contribution in [3.05, 3.63) is 28.8 Å². The molecule has 0 aliphatic carbocycles. The number of amides is 1. The first-order valence-electron chi connectivity index (χ1n) is 3.84. The maximum Gasteiger partial charge on any atom is 0.238 e. The molecule has 0 aliphatic heterocycles. The van der Waals surface area contributed by atoms with Crippen molar-refractivity contribution < 1.29 is 4.79 Å². The van der Waals surface area contributed by atoms with Gasteiger partial charge in [-0.05, 0) is 24.6 Å². The van der Waals surface area contributed by atoms with E-state index in [4.69, 9.17) is 17.4 Å². The Kier molecular flexibility index (Phi) is 2.90. The van der Waals surface area contributed by atoms with Crippen LogP contribution in [-0.2, 0) is 4.79 Å². The van der Waals surface area contributed by atoms with Crippen molar-refractivity contribution in [3.8, 4) is 0 Å². The van der Waals surface area contributed by atoms with E-state index in [1.54, 1.807) is 12.1 Å². The van der Waals surface area contributed by atoms with Gasteiger partial charge in [-0.1, -0.05) is 17.7 Å². The van der Waals surface area contributed by atoms with E-state index in [9.17, 15) is 4.79 Å². The van der Waals surface area contributed by atoms with Crippen LogP contribution in [0, 0.1) is 6.92 Å². The molecule has 4 heteroatoms. The van der Waals surface area contributed by atoms with Gasteiger partial charge in [0.05, 0.1) is 5.69 Å². The third-order valence-corrected chi connectivity index (χ3v) is 2.01. The van der Waals surface area contributed by atoms with Gasteiger partial charge in [0.1, 0.15) is 0 Å². The predicted octanol–water partition coefficient (Wildman–Crippen LogP) is 1.88. The van der Waals surface area contributed by atoms with E-state index in [1.807, 2.05) is 13.0 Å². The second-order valence-corrected chi connectivity index (χ2v) is 3.26. The van der Waals surface area contributed by atoms with Gasteiger partial charge in [0.25, 0.3) is 0 Å². The fraction of sp³-hybridized carbons (Fsp3) is 0.222. The fourth-order valence-corrected chi connectivity index (χ4v) is 1.18. The highest BCUT2D eigenvalue weighted by atomic mass is 35.5. The average molecular weight is 199 g/mol. The molecule has 0 saturated heterocycles. The monoisotopic (exact) mass is 198 g/mol. The summed E-state index contributed by atoms with van der Waals surface area (Å²) in [5.74, 6) is 5.32. The lowest BCUT2D eigenvalue weighted by atomic mass is 10.2. The standard InChI is InChI=1S/C9H11ClN2O/c1-6-3-4-8(10)5-9(6)12(11)7(2)13/h3-5H,11H2,1-2H3. The van der Waals surface area contributed by atoms with Crippen LogP contribution in [-0.4, -0.2) is 5.91 Å². The number of hydrogen-bond acceptors (Lipinski definition) is 2. The van der Waals surface area contributed by atoms with Crippen LogP contribution >= 0.6 is 11.6 Å². The molecule has 0 unspecified atom stereocenters. The summed E-state index contributed by atoms with van der Waals surface area (Å²) in [6.07, 6.45) is 0. The Morgan fingerprint density at radius 2 is 2.15 bits per heavy atom. The molecule has 70 valence electrons. The lowest BCUT2D eigenvalue weighted by molar-refractivity contribution is -0.116. The van der Waals surface area contributed by atoms with E-state index >= 15 is 0 Å². The highest BCUT2D eigenvalue weighted by Crippen LogP contribution is 2.22. The molecule has 1 amide bonds. The summed E-state index contributed by atoms with van der Waals surface area (Å²) in [4.78, 5) is 11.0. The molecule has 0 radical (unpaired) electrons. The second kappa shape index (κ2) is 3.77. The number of nitrogens with two attached hydrogens (primary N) is 1. The van der Waals surface area contributed by atoms with E-state index in [-0.39, 0.29) is 5.91 Å². The summed E-state index contributed by atoms with van der Waals surface area (Å²) in [5.41, 5.74) is 1.56. The van der Waals surface area contributed by atoms with Crippen LogP contribution in [0.2, 0.25) is 5.02 Å². The third kappa shape index (κ3) is 2.20. The molecule has 1 rings (SSSR count). The van der Waals surface area contributed by atoms with Crippen molar-refractivity contribution >= 4 is 23.2 Å². The maximum atomic E-state index is 11.0. The zero-order valence-electron chi connectivity index (χ0n) is 7.54. The summed E-state index contributed by atoms with van der Waals surface area (Å²) in [5, 5.41) is 1.65. The average Bonchev–Trinajstić information content (AvgIpc) is 2.08. The topological polar surface area (TPSA) is 46.3 Å². The maximum absolute atomic E-state index is 11.0. The van der Waals surface area contributed by atoms with Gasteiger partial charge in [-0.15, -0.1) is 0 Å². The molecule has 0 fully saturated rings. The zero-order chi connectivity index (χ0) is 10.0. The minimum Gasteiger partial charge on any atom is -0.273 e. The molecular formula is C9H11ClN2O. The minimum absolute atomic E-state index is 0.217. The number of rotatable bonds is 1. The van der Waals surface area contributed by atoms with Crippen molar-refractivity contribution in [3.63, 3.8) is 0 Å². The van der Waals surface area contributed by atoms with E-state index in [0.29, 0.717) is 10.7 Å². The second-order valence-electron chi connectivity index (χ2n) is 2.82. The number of hydrazine groups is 1. The highest BCUT2D eigenvalue weighted by molar-refractivity contribution is 6.31. The number of benzene rings is 1. The van der Waals surface area contributed by atoms with E-state index in [2.05, 4.69) is 0 Å². The molecule has 1 aromatic rings. The number of nitrogens with zero attached hydrogens (tertiary/aromatic N) is 1. The number of hydrogen-bond donors (Lipinski definition) is 1. The van der Waals surface area contributed by atoms with Crippen LogP contribution in [0.15, 0.2) is 18.2 Å². The van der Waals surface area contributed by atoms with E-state index < -0.39 is 0 Å². The fourth-order valence-electron chi connectivity index (χ4n) is 1.01. The van der Waals surface area contributed by atoms with Crippen LogP contribution in [0.4, 0.5) is 5.69 Å². The first kappa shape index (κ1) is 10.0. The number of carbonyl (C=O) groups is 1. The van der Waals surface area contributed by atoms with Gasteiger partial charge in [0, 0.05) is 11.9 Å². The third-order valence-electron chi connectivity index (χ3n) is 1.77. The largest absolute Gasteiger partial charge is 0.273 e. The van der Waals surface area contributed by atoms with Gasteiger partial charge < -0.3 is 0 Å². The van der Waals surface area contributed by atoms with Gasteiger partial charge in [-0.2, -0.15) is 0 Å². The van der Waals surface area contributed by atoms with E-state index in [1.165, 1.54) is 6.92 Å². The molecule has 2 N–H and O–H groups in total. The molecule has 0 heterocycles. The highest BCUT2D eigenvalue weighted by Gasteiger charge is 2.09. The Bertz CT molecular complexity index is 338. The minimum atomic E-state index is -0.217. The van der Waals surface area contributed by atoms with Gasteiger partial charge >= 0.3 is 0 Å². The Balaban J connectivity index is 3.12. The Hall–Kier alpha value is -1.06. The summed E-state index contributed by atoms with van der Waals surface area (Å²) in [7, 11) is 0. The molecule has 3 nitrogen and oxygen atoms in total. The lowest BCUT2D eigenvalue weighted by Gasteiger charge is -2.16. The Labute approximate surface area is 82.1 Å². The molecular weight excluding hydrogens is 188 g/mol. The molecule has 0 spiro atoms.